The van der Waals surface area contributed by atoms with Crippen LogP contribution in [0.4, 0.5) is 0 Å². The molecule has 0 spiro atoms. The Kier molecular flexibility index (Phi) is 6.83. The van der Waals surface area contributed by atoms with E-state index >= 15 is 0 Å². The van der Waals surface area contributed by atoms with Crippen LogP contribution in [-0.4, -0.2) is 35.6 Å². The summed E-state index contributed by atoms with van der Waals surface area (Å²) in [6, 6.07) is 7.21. The van der Waals surface area contributed by atoms with Gasteiger partial charge in [0.25, 0.3) is 5.91 Å². The van der Waals surface area contributed by atoms with Crippen molar-refractivity contribution in [1.82, 2.24) is 4.90 Å². The van der Waals surface area contributed by atoms with Gasteiger partial charge >= 0.3 is 0 Å². The van der Waals surface area contributed by atoms with Gasteiger partial charge in [-0.3, -0.25) is 4.79 Å². The fourth-order valence-corrected chi connectivity index (χ4v) is 1.88. The SMILES string of the molecule is CCC(C)CN(CC)C(=O)c1ccc(C#CCO)cc1. The van der Waals surface area contributed by atoms with Gasteiger partial charge in [0.2, 0.25) is 0 Å². The fraction of sp³-hybridized carbons (Fsp3) is 0.471. The largest absolute Gasteiger partial charge is 0.384 e. The first-order valence-corrected chi connectivity index (χ1v) is 7.11. The van der Waals surface area contributed by atoms with Crippen LogP contribution < -0.4 is 0 Å². The van der Waals surface area contributed by atoms with Crippen LogP contribution in [0, 0.1) is 17.8 Å². The van der Waals surface area contributed by atoms with E-state index in [2.05, 4.69) is 25.7 Å². The van der Waals surface area contributed by atoms with Crippen molar-refractivity contribution < 1.29 is 9.90 Å². The number of hydrogen-bond acceptors (Lipinski definition) is 2. The van der Waals surface area contributed by atoms with Crippen molar-refractivity contribution in [2.45, 2.75) is 27.2 Å². The van der Waals surface area contributed by atoms with Crippen LogP contribution in [0.1, 0.15) is 43.1 Å². The predicted octanol–water partition coefficient (Wildman–Crippen LogP) is 2.54. The van der Waals surface area contributed by atoms with Gasteiger partial charge in [0.05, 0.1) is 0 Å². The van der Waals surface area contributed by atoms with Crippen molar-refractivity contribution in [2.24, 2.45) is 5.92 Å². The van der Waals surface area contributed by atoms with Crippen LogP contribution in [0.3, 0.4) is 0 Å². The minimum atomic E-state index is -0.154. The number of hydrogen-bond donors (Lipinski definition) is 1. The molecule has 1 atom stereocenters. The minimum absolute atomic E-state index is 0.0643. The van der Waals surface area contributed by atoms with Crippen LogP contribution in [0.2, 0.25) is 0 Å². The molecule has 0 aliphatic heterocycles. The molecule has 0 heterocycles. The van der Waals surface area contributed by atoms with Crippen LogP contribution >= 0.6 is 0 Å². The lowest BCUT2D eigenvalue weighted by molar-refractivity contribution is 0.0741. The molecule has 1 aromatic carbocycles. The number of carbonyl (C=O) groups is 1. The van der Waals surface area contributed by atoms with Gasteiger partial charge in [0.1, 0.15) is 6.61 Å². The zero-order valence-corrected chi connectivity index (χ0v) is 12.5. The highest BCUT2D eigenvalue weighted by Crippen LogP contribution is 2.10. The monoisotopic (exact) mass is 273 g/mol. The molecule has 3 nitrogen and oxygen atoms in total. The topological polar surface area (TPSA) is 40.5 Å². The van der Waals surface area contributed by atoms with Gasteiger partial charge in [-0.2, -0.15) is 0 Å². The zero-order valence-electron chi connectivity index (χ0n) is 12.5. The Bertz CT molecular complexity index is 482. The Labute approximate surface area is 121 Å². The van der Waals surface area contributed by atoms with E-state index in [0.29, 0.717) is 11.5 Å². The molecule has 1 rings (SSSR count). The van der Waals surface area contributed by atoms with Gasteiger partial charge in [-0.05, 0) is 37.1 Å². The third kappa shape index (κ3) is 4.71. The lowest BCUT2D eigenvalue weighted by atomic mass is 10.1. The molecule has 1 amide bonds. The summed E-state index contributed by atoms with van der Waals surface area (Å²) in [6.45, 7) is 7.65. The maximum atomic E-state index is 12.4. The van der Waals surface area contributed by atoms with Gasteiger partial charge in [0, 0.05) is 24.2 Å². The molecule has 1 unspecified atom stereocenters. The van der Waals surface area contributed by atoms with Crippen LogP contribution in [-0.2, 0) is 0 Å². The van der Waals surface area contributed by atoms with Crippen LogP contribution in [0.15, 0.2) is 24.3 Å². The maximum absolute atomic E-state index is 12.4. The average molecular weight is 273 g/mol. The molecule has 3 heteroatoms. The minimum Gasteiger partial charge on any atom is -0.384 e. The molecule has 1 N–H and O–H groups in total. The molecule has 20 heavy (non-hydrogen) atoms. The van der Waals surface area contributed by atoms with Crippen molar-refractivity contribution in [3.05, 3.63) is 35.4 Å². The van der Waals surface area contributed by atoms with Crippen molar-refractivity contribution in [3.8, 4) is 11.8 Å². The Morgan fingerprint density at radius 1 is 1.30 bits per heavy atom. The molecule has 0 saturated carbocycles. The van der Waals surface area contributed by atoms with Crippen molar-refractivity contribution in [1.29, 1.82) is 0 Å². The second-order valence-electron chi connectivity index (χ2n) is 4.89. The summed E-state index contributed by atoms with van der Waals surface area (Å²) in [5.74, 6) is 5.98. The van der Waals surface area contributed by atoms with E-state index < -0.39 is 0 Å². The quantitative estimate of drug-likeness (QED) is 0.838. The van der Waals surface area contributed by atoms with E-state index in [0.717, 1.165) is 25.1 Å². The Hall–Kier alpha value is -1.79. The number of nitrogens with zero attached hydrogens (tertiary/aromatic N) is 1. The van der Waals surface area contributed by atoms with E-state index in [-0.39, 0.29) is 12.5 Å². The molecule has 0 saturated heterocycles. The van der Waals surface area contributed by atoms with E-state index in [1.54, 1.807) is 12.1 Å². The lowest BCUT2D eigenvalue weighted by Crippen LogP contribution is -2.34. The summed E-state index contributed by atoms with van der Waals surface area (Å²) >= 11 is 0. The Morgan fingerprint density at radius 2 is 1.95 bits per heavy atom. The molecule has 108 valence electrons. The van der Waals surface area contributed by atoms with Gasteiger partial charge in [0.15, 0.2) is 0 Å². The highest BCUT2D eigenvalue weighted by Gasteiger charge is 2.15. The summed E-state index contributed by atoms with van der Waals surface area (Å²) in [4.78, 5) is 14.3. The standard InChI is InChI=1S/C17H23NO2/c1-4-14(3)13-18(5-2)17(20)16-10-8-15(9-11-16)7-6-12-19/h8-11,14,19H,4-5,12-13H2,1-3H3. The Morgan fingerprint density at radius 3 is 2.45 bits per heavy atom. The van der Waals surface area contributed by atoms with Crippen molar-refractivity contribution in [3.63, 3.8) is 0 Å². The van der Waals surface area contributed by atoms with Crippen molar-refractivity contribution in [2.75, 3.05) is 19.7 Å². The van der Waals surface area contributed by atoms with E-state index in [1.807, 2.05) is 24.0 Å². The first kappa shape index (κ1) is 16.3. The molecule has 1 aromatic rings. The molecule has 0 fully saturated rings. The molecule has 0 aromatic heterocycles. The van der Waals surface area contributed by atoms with Gasteiger partial charge in [-0.1, -0.05) is 32.1 Å². The smallest absolute Gasteiger partial charge is 0.253 e. The normalized spacial score (nSPS) is 11.4. The second kappa shape index (κ2) is 8.39. The predicted molar refractivity (Wildman–Crippen MR) is 81.4 cm³/mol. The molecule has 0 aliphatic rings. The Balaban J connectivity index is 2.79. The number of aliphatic hydroxyl groups is 1. The van der Waals surface area contributed by atoms with Crippen molar-refractivity contribution >= 4 is 5.91 Å². The number of aliphatic hydroxyl groups excluding tert-OH is 1. The molecule has 0 bridgehead atoms. The number of amides is 1. The van der Waals surface area contributed by atoms with Gasteiger partial charge < -0.3 is 10.0 Å². The molecular formula is C17H23NO2. The number of rotatable bonds is 5. The summed E-state index contributed by atoms with van der Waals surface area (Å²) in [5.41, 5.74) is 1.49. The number of benzene rings is 1. The third-order valence-electron chi connectivity index (χ3n) is 3.34. The van der Waals surface area contributed by atoms with E-state index in [1.165, 1.54) is 0 Å². The third-order valence-corrected chi connectivity index (χ3v) is 3.34. The first-order chi connectivity index (χ1) is 9.62. The lowest BCUT2D eigenvalue weighted by Gasteiger charge is -2.24. The fourth-order valence-electron chi connectivity index (χ4n) is 1.88. The molecular weight excluding hydrogens is 250 g/mol. The zero-order chi connectivity index (χ0) is 15.0. The highest BCUT2D eigenvalue weighted by molar-refractivity contribution is 5.94. The maximum Gasteiger partial charge on any atom is 0.253 e. The summed E-state index contributed by atoms with van der Waals surface area (Å²) < 4.78 is 0. The molecule has 0 aliphatic carbocycles. The second-order valence-corrected chi connectivity index (χ2v) is 4.89. The van der Waals surface area contributed by atoms with Crippen LogP contribution in [0.5, 0.6) is 0 Å². The highest BCUT2D eigenvalue weighted by atomic mass is 16.2. The summed E-state index contributed by atoms with van der Waals surface area (Å²) in [5, 5.41) is 8.65. The molecule has 0 radical (unpaired) electrons. The van der Waals surface area contributed by atoms with Gasteiger partial charge in [-0.15, -0.1) is 0 Å². The average Bonchev–Trinajstić information content (AvgIpc) is 2.50. The van der Waals surface area contributed by atoms with E-state index in [9.17, 15) is 4.79 Å². The van der Waals surface area contributed by atoms with Gasteiger partial charge in [-0.25, -0.2) is 0 Å². The first-order valence-electron chi connectivity index (χ1n) is 7.11. The van der Waals surface area contributed by atoms with Crippen LogP contribution in [0.25, 0.3) is 0 Å². The summed E-state index contributed by atoms with van der Waals surface area (Å²) in [7, 11) is 0. The summed E-state index contributed by atoms with van der Waals surface area (Å²) in [6.07, 6.45) is 1.07. The van der Waals surface area contributed by atoms with E-state index in [4.69, 9.17) is 5.11 Å². The number of carbonyl (C=O) groups excluding carboxylic acids is 1.